The highest BCUT2D eigenvalue weighted by Crippen LogP contribution is 2.66. The van der Waals surface area contributed by atoms with Crippen molar-refractivity contribution in [3.05, 3.63) is 71.0 Å². The van der Waals surface area contributed by atoms with E-state index in [1.54, 1.807) is 24.3 Å². The number of aliphatic hydroxyl groups is 3. The zero-order chi connectivity index (χ0) is 27.7. The summed E-state index contributed by atoms with van der Waals surface area (Å²) in [4.78, 5) is 16.5. The van der Waals surface area contributed by atoms with Gasteiger partial charge >= 0.3 is 12.2 Å². The molecule has 4 rings (SSSR count). The number of anilines is 1. The number of benzene rings is 2. The Kier molecular flexibility index (Phi) is 7.93. The molecule has 5 N–H and O–H groups in total. The highest BCUT2D eigenvalue weighted by molar-refractivity contribution is 8.10. The molecule has 3 aromatic rings. The Labute approximate surface area is 221 Å². The second-order valence-corrected chi connectivity index (χ2v) is 11.5. The first-order valence-corrected chi connectivity index (χ1v) is 13.7. The van der Waals surface area contributed by atoms with Gasteiger partial charge in [-0.2, -0.15) is 4.98 Å². The molecule has 12 nitrogen and oxygen atoms in total. The van der Waals surface area contributed by atoms with E-state index in [1.165, 1.54) is 38.5 Å². The van der Waals surface area contributed by atoms with E-state index < -0.39 is 54.2 Å². The molecule has 0 radical (unpaired) electrons. The van der Waals surface area contributed by atoms with Crippen LogP contribution in [0.25, 0.3) is 0 Å². The van der Waals surface area contributed by atoms with E-state index in [2.05, 4.69) is 4.98 Å². The fourth-order valence-electron chi connectivity index (χ4n) is 3.87. The van der Waals surface area contributed by atoms with Crippen LogP contribution in [-0.2, 0) is 22.0 Å². The molecular formula is C23H25FN3O9PS. The van der Waals surface area contributed by atoms with Gasteiger partial charge < -0.3 is 44.3 Å². The summed E-state index contributed by atoms with van der Waals surface area (Å²) in [7, 11) is 2.94. The van der Waals surface area contributed by atoms with Crippen LogP contribution in [0.2, 0.25) is 0 Å². The van der Waals surface area contributed by atoms with Gasteiger partial charge in [0, 0.05) is 0 Å². The average molecular weight is 570 g/mol. The number of rotatable bonds is 9. The first-order chi connectivity index (χ1) is 18.1. The van der Waals surface area contributed by atoms with Crippen LogP contribution in [0.15, 0.2) is 59.5 Å². The van der Waals surface area contributed by atoms with Crippen molar-refractivity contribution in [2.75, 3.05) is 26.6 Å². The Morgan fingerprint density at radius 3 is 1.95 bits per heavy atom. The number of hydrogen-bond donors (Lipinski definition) is 4. The summed E-state index contributed by atoms with van der Waals surface area (Å²) < 4.78 is 43.7. The minimum atomic E-state index is -4.29. The molecule has 0 unspecified atom stereocenters. The second-order valence-electron chi connectivity index (χ2n) is 8.09. The van der Waals surface area contributed by atoms with E-state index in [-0.39, 0.29) is 11.5 Å². The highest BCUT2D eigenvalue weighted by atomic mass is 32.5. The zero-order valence-corrected chi connectivity index (χ0v) is 21.8. The fourth-order valence-corrected chi connectivity index (χ4v) is 7.34. The summed E-state index contributed by atoms with van der Waals surface area (Å²) >= 11 is 5.89. The van der Waals surface area contributed by atoms with Crippen molar-refractivity contribution in [3.8, 4) is 23.0 Å². The Bertz CT molecular complexity index is 1340. The third-order valence-electron chi connectivity index (χ3n) is 5.81. The quantitative estimate of drug-likeness (QED) is 0.272. The van der Waals surface area contributed by atoms with Crippen LogP contribution in [-0.4, -0.2) is 64.0 Å². The lowest BCUT2D eigenvalue weighted by molar-refractivity contribution is -0.0959. The van der Waals surface area contributed by atoms with E-state index in [0.29, 0.717) is 22.3 Å². The molecule has 204 valence electrons. The van der Waals surface area contributed by atoms with E-state index in [1.807, 2.05) is 0 Å². The summed E-state index contributed by atoms with van der Waals surface area (Å²) in [6.45, 7) is -5.08. The van der Waals surface area contributed by atoms with E-state index >= 15 is 0 Å². The van der Waals surface area contributed by atoms with Crippen LogP contribution in [0.4, 0.5) is 10.2 Å². The Balaban J connectivity index is 1.97. The Morgan fingerprint density at radius 2 is 1.53 bits per heavy atom. The Morgan fingerprint density at radius 1 is 1.05 bits per heavy atom. The molecule has 0 aliphatic carbocycles. The molecule has 2 aromatic carbocycles. The number of aliphatic hydroxyl groups excluding tert-OH is 3. The van der Waals surface area contributed by atoms with E-state index in [9.17, 15) is 24.5 Å². The maximum Gasteiger partial charge on any atom is 0.352 e. The maximum atomic E-state index is 14.7. The minimum Gasteiger partial charge on any atom is -0.497 e. The van der Waals surface area contributed by atoms with Gasteiger partial charge in [-0.15, -0.1) is 0 Å². The molecule has 0 amide bonds. The van der Waals surface area contributed by atoms with Gasteiger partial charge in [0.2, 0.25) is 0 Å². The third kappa shape index (κ3) is 4.82. The standard InChI is InChI=1S/C23H25FN3O9PS/c1-32-13-3-7-15(8-4-13)35-37(38,36-16-9-5-14(33-2)6-10-16)23(20(30)19(29)18(12-28)34-23)27-11-17(24)21(25)26-22(27)31/h3-11,18-20,28-30H,12H2,1-2H3,(H2,25,26,31)/t18-,19-,20-,23+/m1/s1. The fraction of sp³-hybridized carbons (Fsp3) is 0.304. The second kappa shape index (κ2) is 10.8. The van der Waals surface area contributed by atoms with Crippen molar-refractivity contribution < 1.29 is 43.0 Å². The SMILES string of the molecule is COc1ccc(OP(=S)(Oc2ccc(OC)cc2)[C@@]2(n3cc(F)c(N)nc3=O)O[C@H](CO)[C@@H](O)[C@H]2O)cc1. The molecule has 15 heteroatoms. The van der Waals surface area contributed by atoms with Crippen molar-refractivity contribution in [1.82, 2.24) is 9.55 Å². The number of ether oxygens (including phenoxy) is 3. The predicted molar refractivity (Wildman–Crippen MR) is 136 cm³/mol. The summed E-state index contributed by atoms with van der Waals surface area (Å²) in [5, 5.41) is 31.9. The highest BCUT2D eigenvalue weighted by Gasteiger charge is 2.67. The van der Waals surface area contributed by atoms with Crippen LogP contribution in [0.5, 0.6) is 23.0 Å². The largest absolute Gasteiger partial charge is 0.497 e. The number of halogens is 1. The van der Waals surface area contributed by atoms with Crippen LogP contribution >= 0.6 is 6.49 Å². The van der Waals surface area contributed by atoms with Gasteiger partial charge in [0.05, 0.1) is 27.0 Å². The lowest BCUT2D eigenvalue weighted by Crippen LogP contribution is -2.52. The monoisotopic (exact) mass is 569 g/mol. The minimum absolute atomic E-state index is 0.108. The molecule has 38 heavy (non-hydrogen) atoms. The predicted octanol–water partition coefficient (Wildman–Crippen LogP) is 1.17. The number of hydrogen-bond acceptors (Lipinski definition) is 12. The van der Waals surface area contributed by atoms with E-state index in [4.69, 9.17) is 40.8 Å². The summed E-state index contributed by atoms with van der Waals surface area (Å²) in [6.07, 6.45) is -4.67. The van der Waals surface area contributed by atoms with Crippen molar-refractivity contribution in [2.24, 2.45) is 0 Å². The molecular weight excluding hydrogens is 544 g/mol. The van der Waals surface area contributed by atoms with Gasteiger partial charge in [0.1, 0.15) is 41.3 Å². The van der Waals surface area contributed by atoms with Gasteiger partial charge in [-0.3, -0.25) is 4.57 Å². The molecule has 1 aliphatic rings. The van der Waals surface area contributed by atoms with Gasteiger partial charge in [0.25, 0.3) is 5.47 Å². The number of nitrogen functional groups attached to an aromatic ring is 1. The van der Waals surface area contributed by atoms with Crippen molar-refractivity contribution >= 4 is 24.1 Å². The van der Waals surface area contributed by atoms with Crippen LogP contribution < -0.4 is 29.9 Å². The topological polar surface area (TPSA) is 168 Å². The molecule has 0 bridgehead atoms. The van der Waals surface area contributed by atoms with Crippen LogP contribution in [0, 0.1) is 5.82 Å². The van der Waals surface area contributed by atoms with Crippen LogP contribution in [0.3, 0.4) is 0 Å². The normalized spacial score (nSPS) is 23.2. The molecule has 1 aliphatic heterocycles. The summed E-state index contributed by atoms with van der Waals surface area (Å²) in [6, 6.07) is 12.2. The molecule has 0 spiro atoms. The molecule has 1 fully saturated rings. The summed E-state index contributed by atoms with van der Waals surface area (Å²) in [5.41, 5.74) is 1.71. The molecule has 4 atom stereocenters. The number of nitrogens with two attached hydrogens (primary N) is 1. The van der Waals surface area contributed by atoms with Crippen molar-refractivity contribution in [2.45, 2.75) is 23.8 Å². The first-order valence-electron chi connectivity index (χ1n) is 11.1. The first kappa shape index (κ1) is 27.8. The molecule has 2 heterocycles. The molecule has 1 saturated heterocycles. The third-order valence-corrected chi connectivity index (χ3v) is 9.32. The lowest BCUT2D eigenvalue weighted by atomic mass is 10.1. The van der Waals surface area contributed by atoms with Gasteiger partial charge in [-0.1, -0.05) is 0 Å². The molecule has 0 saturated carbocycles. The van der Waals surface area contributed by atoms with Crippen molar-refractivity contribution in [3.63, 3.8) is 0 Å². The number of methoxy groups -OCH3 is 2. The smallest absolute Gasteiger partial charge is 0.352 e. The number of nitrogens with zero attached hydrogens (tertiary/aromatic N) is 2. The van der Waals surface area contributed by atoms with Gasteiger partial charge in [0.15, 0.2) is 11.6 Å². The summed E-state index contributed by atoms with van der Waals surface area (Å²) in [5.74, 6) is -0.658. The Hall–Kier alpha value is -3.26. The molecule has 1 aromatic heterocycles. The lowest BCUT2D eigenvalue weighted by Gasteiger charge is -2.41. The maximum absolute atomic E-state index is 14.7. The van der Waals surface area contributed by atoms with Gasteiger partial charge in [-0.05, 0) is 60.3 Å². The van der Waals surface area contributed by atoms with Crippen molar-refractivity contribution in [1.29, 1.82) is 0 Å². The zero-order valence-electron chi connectivity index (χ0n) is 20.1. The van der Waals surface area contributed by atoms with E-state index in [0.717, 1.165) is 0 Å². The van der Waals surface area contributed by atoms with Gasteiger partial charge in [-0.25, -0.2) is 9.18 Å². The van der Waals surface area contributed by atoms with Crippen LogP contribution in [0.1, 0.15) is 0 Å². The number of aromatic nitrogens is 2. The average Bonchev–Trinajstić information content (AvgIpc) is 3.18.